The van der Waals surface area contributed by atoms with Crippen molar-refractivity contribution >= 4 is 21.7 Å². The molecule has 1 heterocycles. The molecule has 0 atom stereocenters. The third-order valence-electron chi connectivity index (χ3n) is 3.15. The maximum atomic E-state index is 12.2. The summed E-state index contributed by atoms with van der Waals surface area (Å²) >= 11 is 0. The lowest BCUT2D eigenvalue weighted by Gasteiger charge is -2.02. The molecule has 0 fully saturated rings. The van der Waals surface area contributed by atoms with E-state index in [4.69, 9.17) is 10.00 Å². The van der Waals surface area contributed by atoms with Crippen molar-refractivity contribution in [3.05, 3.63) is 68.7 Å². The predicted molar refractivity (Wildman–Crippen MR) is 90.3 cm³/mol. The highest BCUT2D eigenvalue weighted by Gasteiger charge is 2.21. The van der Waals surface area contributed by atoms with Crippen LogP contribution in [-0.2, 0) is 15.6 Å². The fourth-order valence-electron chi connectivity index (χ4n) is 1.95. The molecule has 9 heteroatoms. The number of rotatable bonds is 6. The van der Waals surface area contributed by atoms with E-state index in [0.29, 0.717) is 11.1 Å². The van der Waals surface area contributed by atoms with Gasteiger partial charge in [-0.25, -0.2) is 8.42 Å². The number of hydrogen-bond acceptors (Lipinski definition) is 7. The highest BCUT2D eigenvalue weighted by atomic mass is 32.2. The zero-order valence-electron chi connectivity index (χ0n) is 13.1. The Hall–Kier alpha value is -3.25. The first kappa shape index (κ1) is 18.1. The predicted octanol–water partition coefficient (Wildman–Crippen LogP) is 2.46. The topological polar surface area (TPSA) is 123 Å². The molecule has 2 rings (SSSR count). The van der Waals surface area contributed by atoms with Crippen LogP contribution in [0.4, 0.5) is 5.82 Å². The van der Waals surface area contributed by atoms with Crippen LogP contribution < -0.4 is 4.74 Å². The van der Waals surface area contributed by atoms with E-state index >= 15 is 0 Å². The third-order valence-corrected chi connectivity index (χ3v) is 4.40. The average molecular weight is 359 g/mol. The number of benzene rings is 1. The Balaban J connectivity index is 2.20. The van der Waals surface area contributed by atoms with Gasteiger partial charge in [-0.2, -0.15) is 5.26 Å². The van der Waals surface area contributed by atoms with Crippen LogP contribution in [-0.4, -0.2) is 25.4 Å². The molecule has 1 aromatic carbocycles. The van der Waals surface area contributed by atoms with Gasteiger partial charge < -0.3 is 14.9 Å². The van der Waals surface area contributed by atoms with Gasteiger partial charge in [0, 0.05) is 5.41 Å². The molecule has 1 aromatic heterocycles. The van der Waals surface area contributed by atoms with Gasteiger partial charge in [-0.1, -0.05) is 12.1 Å². The molecule has 0 aliphatic rings. The van der Waals surface area contributed by atoms with Gasteiger partial charge in [0.25, 0.3) is 0 Å². The smallest absolute Gasteiger partial charge is 0.406 e. The first-order chi connectivity index (χ1) is 11.8. The highest BCUT2D eigenvalue weighted by molar-refractivity contribution is 7.93. The summed E-state index contributed by atoms with van der Waals surface area (Å²) in [6, 6.07) is 11.0. The normalized spacial score (nSPS) is 11.2. The lowest BCUT2D eigenvalue weighted by molar-refractivity contribution is -0.390. The average Bonchev–Trinajstić information content (AvgIpc) is 2.60. The summed E-state index contributed by atoms with van der Waals surface area (Å²) in [7, 11) is -2.42. The van der Waals surface area contributed by atoms with E-state index in [1.54, 1.807) is 24.3 Å². The van der Waals surface area contributed by atoms with Gasteiger partial charge in [0.2, 0.25) is 5.75 Å². The summed E-state index contributed by atoms with van der Waals surface area (Å²) in [4.78, 5) is 13.9. The Labute approximate surface area is 144 Å². The van der Waals surface area contributed by atoms with E-state index in [1.807, 2.05) is 6.07 Å². The second-order valence-electron chi connectivity index (χ2n) is 4.93. The molecule has 2 aromatic rings. The van der Waals surface area contributed by atoms with E-state index in [2.05, 4.69) is 4.98 Å². The molecule has 0 unspecified atom stereocenters. The summed E-state index contributed by atoms with van der Waals surface area (Å²) in [5.74, 6) is -1.06. The Morgan fingerprint density at radius 2 is 1.96 bits per heavy atom. The van der Waals surface area contributed by atoms with E-state index in [0.717, 1.165) is 5.41 Å². The summed E-state index contributed by atoms with van der Waals surface area (Å²) < 4.78 is 29.1. The minimum Gasteiger partial charge on any atom is -0.489 e. The molecule has 0 saturated heterocycles. The molecular weight excluding hydrogens is 346 g/mol. The molecule has 128 valence electrons. The van der Waals surface area contributed by atoms with Gasteiger partial charge in [-0.05, 0) is 45.8 Å². The van der Waals surface area contributed by atoms with E-state index in [1.165, 1.54) is 25.3 Å². The molecule has 0 aliphatic carbocycles. The molecule has 0 saturated carbocycles. The van der Waals surface area contributed by atoms with Gasteiger partial charge in [0.1, 0.15) is 5.75 Å². The lowest BCUT2D eigenvalue weighted by Crippen LogP contribution is -2.05. The van der Waals surface area contributed by atoms with Crippen molar-refractivity contribution in [1.82, 2.24) is 4.98 Å². The first-order valence-electron chi connectivity index (χ1n) is 6.94. The maximum Gasteiger partial charge on any atom is 0.406 e. The summed E-state index contributed by atoms with van der Waals surface area (Å²) in [6.45, 7) is 0. The number of nitro groups is 1. The van der Waals surface area contributed by atoms with Crippen LogP contribution >= 0.6 is 0 Å². The molecule has 0 radical (unpaired) electrons. The molecular formula is C16H13N3O5S. The van der Waals surface area contributed by atoms with Crippen molar-refractivity contribution < 1.29 is 18.1 Å². The molecule has 0 aliphatic heterocycles. The standard InChI is InChI=1S/C16H13N3O5S/c1-24-15-7-6-14(18-16(15)19(20)21)11-25(22,23)9-8-12-2-4-13(10-17)5-3-12/h2-9H,11H2,1H3/b9-8+. The van der Waals surface area contributed by atoms with Crippen LogP contribution in [0.3, 0.4) is 0 Å². The Bertz CT molecular complexity index is 960. The molecule has 0 bridgehead atoms. The zero-order valence-corrected chi connectivity index (χ0v) is 13.9. The first-order valence-corrected chi connectivity index (χ1v) is 8.65. The zero-order chi connectivity index (χ0) is 18.4. The number of methoxy groups -OCH3 is 1. The van der Waals surface area contributed by atoms with Crippen molar-refractivity contribution in [2.75, 3.05) is 7.11 Å². The monoisotopic (exact) mass is 359 g/mol. The minimum atomic E-state index is -3.68. The number of nitrogens with zero attached hydrogens (tertiary/aromatic N) is 3. The van der Waals surface area contributed by atoms with Crippen molar-refractivity contribution in [3.8, 4) is 11.8 Å². The third kappa shape index (κ3) is 4.86. The van der Waals surface area contributed by atoms with E-state index in [9.17, 15) is 18.5 Å². The van der Waals surface area contributed by atoms with Crippen LogP contribution in [0.15, 0.2) is 41.8 Å². The van der Waals surface area contributed by atoms with Crippen LogP contribution in [0.1, 0.15) is 16.8 Å². The minimum absolute atomic E-state index is 0.0389. The largest absolute Gasteiger partial charge is 0.489 e. The van der Waals surface area contributed by atoms with E-state index < -0.39 is 26.3 Å². The highest BCUT2D eigenvalue weighted by Crippen LogP contribution is 2.24. The van der Waals surface area contributed by atoms with Crippen molar-refractivity contribution in [3.63, 3.8) is 0 Å². The van der Waals surface area contributed by atoms with Gasteiger partial charge >= 0.3 is 5.82 Å². The second-order valence-corrected chi connectivity index (χ2v) is 6.82. The van der Waals surface area contributed by atoms with Crippen LogP contribution in [0.25, 0.3) is 6.08 Å². The number of ether oxygens (including phenoxy) is 1. The van der Waals surface area contributed by atoms with Gasteiger partial charge in [0.05, 0.1) is 18.7 Å². The van der Waals surface area contributed by atoms with Gasteiger partial charge in [-0.3, -0.25) is 0 Å². The maximum absolute atomic E-state index is 12.2. The number of aromatic nitrogens is 1. The Kier molecular flexibility index (Phi) is 5.46. The second kappa shape index (κ2) is 7.55. The summed E-state index contributed by atoms with van der Waals surface area (Å²) in [5, 5.41) is 20.7. The SMILES string of the molecule is COc1ccc(CS(=O)(=O)/C=C/c2ccc(C#N)cc2)nc1[N+](=O)[O-]. The number of nitriles is 1. The molecule has 0 amide bonds. The van der Waals surface area contributed by atoms with Crippen molar-refractivity contribution in [2.45, 2.75) is 5.75 Å². The lowest BCUT2D eigenvalue weighted by atomic mass is 10.1. The molecule has 0 spiro atoms. The van der Waals surface area contributed by atoms with Crippen LogP contribution in [0.2, 0.25) is 0 Å². The van der Waals surface area contributed by atoms with Crippen molar-refractivity contribution in [2.24, 2.45) is 0 Å². The number of sulfone groups is 1. The summed E-state index contributed by atoms with van der Waals surface area (Å²) in [6.07, 6.45) is 1.38. The quantitative estimate of drug-likeness (QED) is 0.573. The molecule has 8 nitrogen and oxygen atoms in total. The Morgan fingerprint density at radius 1 is 1.28 bits per heavy atom. The Morgan fingerprint density at radius 3 is 2.52 bits per heavy atom. The van der Waals surface area contributed by atoms with E-state index in [-0.39, 0.29) is 11.4 Å². The molecule has 0 N–H and O–H groups in total. The molecule has 25 heavy (non-hydrogen) atoms. The van der Waals surface area contributed by atoms with Gasteiger partial charge in [0.15, 0.2) is 15.5 Å². The fraction of sp³-hybridized carbons (Fsp3) is 0.125. The number of pyridine rings is 1. The fourth-order valence-corrected chi connectivity index (χ4v) is 2.98. The van der Waals surface area contributed by atoms with Crippen LogP contribution in [0, 0.1) is 21.4 Å². The van der Waals surface area contributed by atoms with Crippen molar-refractivity contribution in [1.29, 1.82) is 5.26 Å². The summed E-state index contributed by atoms with van der Waals surface area (Å²) in [5.41, 5.74) is 1.11. The number of hydrogen-bond donors (Lipinski definition) is 0. The van der Waals surface area contributed by atoms with Crippen LogP contribution in [0.5, 0.6) is 5.75 Å². The van der Waals surface area contributed by atoms with Gasteiger partial charge in [-0.15, -0.1) is 0 Å².